The third-order valence-corrected chi connectivity index (χ3v) is 4.24. The molecule has 0 radical (unpaired) electrons. The zero-order chi connectivity index (χ0) is 14.9. The van der Waals surface area contributed by atoms with Crippen molar-refractivity contribution in [2.24, 2.45) is 0 Å². The molecule has 1 aromatic carbocycles. The molecule has 5 heteroatoms. The van der Waals surface area contributed by atoms with Gasteiger partial charge in [-0.2, -0.15) is 0 Å². The van der Waals surface area contributed by atoms with Gasteiger partial charge in [-0.05, 0) is 75.4 Å². The summed E-state index contributed by atoms with van der Waals surface area (Å²) in [6.07, 6.45) is 6.62. The number of hydrogen-bond donors (Lipinski definition) is 2. The molecule has 1 aromatic rings. The minimum absolute atomic E-state index is 0.674. The van der Waals surface area contributed by atoms with Gasteiger partial charge in [0.15, 0.2) is 5.11 Å². The van der Waals surface area contributed by atoms with Gasteiger partial charge in [-0.25, -0.2) is 0 Å². The lowest BCUT2D eigenvalue weighted by atomic mass is 10.2. The first kappa shape index (κ1) is 16.5. The van der Waals surface area contributed by atoms with Crippen LogP contribution in [0.1, 0.15) is 32.1 Å². The van der Waals surface area contributed by atoms with Crippen molar-refractivity contribution < 1.29 is 0 Å². The minimum atomic E-state index is 0.674. The second-order valence-corrected chi connectivity index (χ2v) is 6.34. The molecule has 1 aliphatic rings. The van der Waals surface area contributed by atoms with E-state index in [1.54, 1.807) is 0 Å². The number of likely N-dealkylation sites (tertiary alicyclic amines) is 1. The molecular weight excluding hydrogens is 302 g/mol. The van der Waals surface area contributed by atoms with Crippen molar-refractivity contribution in [2.75, 3.05) is 31.5 Å². The Morgan fingerprint density at radius 1 is 1.10 bits per heavy atom. The Morgan fingerprint density at radius 2 is 1.76 bits per heavy atom. The lowest BCUT2D eigenvalue weighted by Crippen LogP contribution is -2.32. The Labute approximate surface area is 138 Å². The topological polar surface area (TPSA) is 27.3 Å². The molecule has 116 valence electrons. The van der Waals surface area contributed by atoms with E-state index in [0.717, 1.165) is 30.2 Å². The van der Waals surface area contributed by atoms with Gasteiger partial charge in [0.05, 0.1) is 0 Å². The maximum absolute atomic E-state index is 5.86. The van der Waals surface area contributed by atoms with Crippen molar-refractivity contribution >= 4 is 34.6 Å². The second-order valence-electron chi connectivity index (χ2n) is 5.50. The van der Waals surface area contributed by atoms with E-state index < -0.39 is 0 Å². The summed E-state index contributed by atoms with van der Waals surface area (Å²) < 4.78 is 0. The smallest absolute Gasteiger partial charge is 0.170 e. The molecule has 0 spiro atoms. The van der Waals surface area contributed by atoms with Crippen LogP contribution in [0.15, 0.2) is 24.3 Å². The molecule has 0 aliphatic carbocycles. The van der Waals surface area contributed by atoms with Crippen LogP contribution in [-0.4, -0.2) is 36.2 Å². The van der Waals surface area contributed by atoms with Gasteiger partial charge in [0.2, 0.25) is 0 Å². The summed E-state index contributed by atoms with van der Waals surface area (Å²) in [7, 11) is 0. The second kappa shape index (κ2) is 9.23. The fourth-order valence-electron chi connectivity index (χ4n) is 2.57. The van der Waals surface area contributed by atoms with E-state index in [9.17, 15) is 0 Å². The summed E-state index contributed by atoms with van der Waals surface area (Å²) in [6.45, 7) is 4.59. The summed E-state index contributed by atoms with van der Waals surface area (Å²) in [5.74, 6) is 0. The molecule has 0 atom stereocenters. The van der Waals surface area contributed by atoms with Crippen molar-refractivity contribution in [2.45, 2.75) is 32.1 Å². The summed E-state index contributed by atoms with van der Waals surface area (Å²) in [5, 5.41) is 7.83. The van der Waals surface area contributed by atoms with E-state index in [2.05, 4.69) is 15.5 Å². The maximum Gasteiger partial charge on any atom is 0.170 e. The number of nitrogens with one attached hydrogen (secondary N) is 2. The van der Waals surface area contributed by atoms with E-state index in [1.165, 1.54) is 38.8 Å². The first-order chi connectivity index (χ1) is 10.2. The first-order valence-electron chi connectivity index (χ1n) is 7.77. The van der Waals surface area contributed by atoms with Gasteiger partial charge in [-0.1, -0.05) is 24.4 Å². The molecule has 0 unspecified atom stereocenters. The fourth-order valence-corrected chi connectivity index (χ4v) is 2.92. The Hall–Kier alpha value is -0.840. The molecule has 1 fully saturated rings. The third-order valence-electron chi connectivity index (χ3n) is 3.74. The average Bonchev–Trinajstić information content (AvgIpc) is 2.75. The number of halogens is 1. The van der Waals surface area contributed by atoms with Crippen LogP contribution >= 0.6 is 23.8 Å². The Bertz CT molecular complexity index is 428. The van der Waals surface area contributed by atoms with E-state index >= 15 is 0 Å². The molecule has 21 heavy (non-hydrogen) atoms. The zero-order valence-corrected chi connectivity index (χ0v) is 14.0. The van der Waals surface area contributed by atoms with Gasteiger partial charge in [0, 0.05) is 17.3 Å². The van der Waals surface area contributed by atoms with E-state index in [0.29, 0.717) is 5.11 Å². The van der Waals surface area contributed by atoms with Crippen LogP contribution in [0.3, 0.4) is 0 Å². The van der Waals surface area contributed by atoms with Gasteiger partial charge in [0.1, 0.15) is 0 Å². The third kappa shape index (κ3) is 6.64. The molecule has 0 aromatic heterocycles. The number of nitrogens with zero attached hydrogens (tertiary/aromatic N) is 1. The van der Waals surface area contributed by atoms with Crippen LogP contribution in [0, 0.1) is 0 Å². The normalized spacial score (nSPS) is 16.2. The lowest BCUT2D eigenvalue weighted by molar-refractivity contribution is 0.282. The highest BCUT2D eigenvalue weighted by molar-refractivity contribution is 7.80. The van der Waals surface area contributed by atoms with Crippen LogP contribution in [0.4, 0.5) is 5.69 Å². The van der Waals surface area contributed by atoms with E-state index in [4.69, 9.17) is 23.8 Å². The van der Waals surface area contributed by atoms with Crippen molar-refractivity contribution in [1.82, 2.24) is 10.2 Å². The molecule has 3 nitrogen and oxygen atoms in total. The molecule has 1 aliphatic heterocycles. The minimum Gasteiger partial charge on any atom is -0.362 e. The SMILES string of the molecule is S=C(NCCCN1CCCCCC1)Nc1ccc(Cl)cc1. The number of hydrogen-bond acceptors (Lipinski definition) is 2. The molecule has 2 N–H and O–H groups in total. The van der Waals surface area contributed by atoms with Gasteiger partial charge >= 0.3 is 0 Å². The van der Waals surface area contributed by atoms with E-state index in [1.807, 2.05) is 24.3 Å². The highest BCUT2D eigenvalue weighted by Gasteiger charge is 2.08. The summed E-state index contributed by atoms with van der Waals surface area (Å²) in [6, 6.07) is 7.55. The van der Waals surface area contributed by atoms with Gasteiger partial charge < -0.3 is 15.5 Å². The Morgan fingerprint density at radius 3 is 2.43 bits per heavy atom. The molecule has 1 saturated heterocycles. The maximum atomic E-state index is 5.86. The van der Waals surface area contributed by atoms with Crippen LogP contribution < -0.4 is 10.6 Å². The van der Waals surface area contributed by atoms with Gasteiger partial charge in [-0.3, -0.25) is 0 Å². The largest absolute Gasteiger partial charge is 0.362 e. The first-order valence-corrected chi connectivity index (χ1v) is 8.55. The lowest BCUT2D eigenvalue weighted by Gasteiger charge is -2.19. The van der Waals surface area contributed by atoms with Crippen molar-refractivity contribution in [3.63, 3.8) is 0 Å². The van der Waals surface area contributed by atoms with Crippen LogP contribution in [0.2, 0.25) is 5.02 Å². The number of rotatable bonds is 5. The summed E-state index contributed by atoms with van der Waals surface area (Å²) in [4.78, 5) is 2.57. The van der Waals surface area contributed by atoms with Crippen molar-refractivity contribution in [3.05, 3.63) is 29.3 Å². The average molecular weight is 326 g/mol. The fraction of sp³-hybridized carbons (Fsp3) is 0.562. The Kier molecular flexibility index (Phi) is 7.27. The molecule has 0 amide bonds. The standard InChI is InChI=1S/C16H24ClN3S/c17-14-6-8-15(9-7-14)19-16(21)18-10-5-13-20-11-3-1-2-4-12-20/h6-9H,1-5,10-13H2,(H2,18,19,21). The highest BCUT2D eigenvalue weighted by Crippen LogP contribution is 2.13. The van der Waals surface area contributed by atoms with Crippen molar-refractivity contribution in [1.29, 1.82) is 0 Å². The molecule has 0 saturated carbocycles. The van der Waals surface area contributed by atoms with Crippen molar-refractivity contribution in [3.8, 4) is 0 Å². The predicted octanol–water partition coefficient (Wildman–Crippen LogP) is 3.89. The quantitative estimate of drug-likeness (QED) is 0.634. The molecular formula is C16H24ClN3S. The number of anilines is 1. The monoisotopic (exact) mass is 325 g/mol. The Balaban J connectivity index is 1.59. The van der Waals surface area contributed by atoms with Crippen LogP contribution in [0.5, 0.6) is 0 Å². The van der Waals surface area contributed by atoms with Crippen LogP contribution in [0.25, 0.3) is 0 Å². The number of benzene rings is 1. The summed E-state index contributed by atoms with van der Waals surface area (Å²) >= 11 is 11.1. The highest BCUT2D eigenvalue weighted by atomic mass is 35.5. The number of thiocarbonyl (C=S) groups is 1. The van der Waals surface area contributed by atoms with Gasteiger partial charge in [-0.15, -0.1) is 0 Å². The molecule has 1 heterocycles. The van der Waals surface area contributed by atoms with Crippen LogP contribution in [-0.2, 0) is 0 Å². The van der Waals surface area contributed by atoms with E-state index in [-0.39, 0.29) is 0 Å². The summed E-state index contributed by atoms with van der Waals surface area (Å²) in [5.41, 5.74) is 0.962. The molecule has 2 rings (SSSR count). The molecule has 0 bridgehead atoms. The van der Waals surface area contributed by atoms with Gasteiger partial charge in [0.25, 0.3) is 0 Å². The predicted molar refractivity (Wildman–Crippen MR) is 95.2 cm³/mol. The zero-order valence-electron chi connectivity index (χ0n) is 12.4.